The first-order valence-electron chi connectivity index (χ1n) is 7.24. The molecule has 0 aliphatic carbocycles. The minimum atomic E-state index is -0.441. The fraction of sp³-hybridized carbons (Fsp3) is 0.500. The predicted octanol–water partition coefficient (Wildman–Crippen LogP) is 2.96. The van der Waals surface area contributed by atoms with Crippen molar-refractivity contribution < 1.29 is 5.11 Å². The molecule has 2 unspecified atom stereocenters. The van der Waals surface area contributed by atoms with Crippen LogP contribution in [0.2, 0.25) is 0 Å². The van der Waals surface area contributed by atoms with Crippen LogP contribution >= 0.6 is 0 Å². The van der Waals surface area contributed by atoms with E-state index in [0.29, 0.717) is 6.42 Å². The van der Waals surface area contributed by atoms with Crippen LogP contribution in [-0.4, -0.2) is 26.0 Å². The molecule has 0 saturated carbocycles. The van der Waals surface area contributed by atoms with Crippen molar-refractivity contribution in [1.29, 1.82) is 0 Å². The maximum absolute atomic E-state index is 10.6. The summed E-state index contributed by atoms with van der Waals surface area (Å²) in [5.41, 5.74) is 1.18. The van der Waals surface area contributed by atoms with Gasteiger partial charge >= 0.3 is 0 Å². The Hall–Kier alpha value is -1.68. The first-order valence-corrected chi connectivity index (χ1v) is 7.24. The Kier molecular flexibility index (Phi) is 4.90. The molecule has 1 aromatic carbocycles. The highest BCUT2D eigenvalue weighted by Crippen LogP contribution is 2.25. The molecule has 0 aliphatic heterocycles. The van der Waals surface area contributed by atoms with Crippen LogP contribution in [0.5, 0.6) is 0 Å². The molecule has 0 amide bonds. The Labute approximate surface area is 120 Å². The molecule has 20 heavy (non-hydrogen) atoms. The van der Waals surface area contributed by atoms with E-state index in [0.717, 1.165) is 12.2 Å². The number of aliphatic hydroxyl groups is 1. The fourth-order valence-electron chi connectivity index (χ4n) is 2.61. The first-order chi connectivity index (χ1) is 9.63. The van der Waals surface area contributed by atoms with Gasteiger partial charge in [0.1, 0.15) is 12.2 Å². The van der Waals surface area contributed by atoms with Crippen LogP contribution in [-0.2, 0) is 6.42 Å². The van der Waals surface area contributed by atoms with Gasteiger partial charge in [-0.1, -0.05) is 37.3 Å². The van der Waals surface area contributed by atoms with Crippen LogP contribution < -0.4 is 0 Å². The summed E-state index contributed by atoms with van der Waals surface area (Å²) in [6, 6.07) is 10.4. The quantitative estimate of drug-likeness (QED) is 0.880. The van der Waals surface area contributed by atoms with Crippen LogP contribution in [0, 0.1) is 0 Å². The van der Waals surface area contributed by atoms with Crippen molar-refractivity contribution in [3.8, 4) is 0 Å². The molecule has 2 aromatic rings. The van der Waals surface area contributed by atoms with Gasteiger partial charge in [0.05, 0.1) is 6.10 Å². The lowest BCUT2D eigenvalue weighted by Crippen LogP contribution is -2.23. The minimum Gasteiger partial charge on any atom is -0.392 e. The normalized spacial score (nSPS) is 14.4. The first kappa shape index (κ1) is 14.7. The number of aliphatic hydroxyl groups excluding tert-OH is 1. The Morgan fingerprint density at radius 1 is 1.20 bits per heavy atom. The van der Waals surface area contributed by atoms with Crippen LogP contribution in [0.3, 0.4) is 0 Å². The summed E-state index contributed by atoms with van der Waals surface area (Å²) in [6.45, 7) is 6.24. The van der Waals surface area contributed by atoms with Crippen molar-refractivity contribution in [3.05, 3.63) is 48.0 Å². The molecule has 0 saturated heterocycles. The van der Waals surface area contributed by atoms with Gasteiger partial charge in [-0.3, -0.25) is 0 Å². The largest absolute Gasteiger partial charge is 0.392 e. The number of hydrogen-bond acceptors (Lipinski definition) is 3. The lowest BCUT2D eigenvalue weighted by molar-refractivity contribution is 0.136. The predicted molar refractivity (Wildman–Crippen MR) is 79.6 cm³/mol. The van der Waals surface area contributed by atoms with Gasteiger partial charge < -0.3 is 5.11 Å². The second-order valence-corrected chi connectivity index (χ2v) is 5.41. The van der Waals surface area contributed by atoms with Gasteiger partial charge in [-0.15, -0.1) is 0 Å². The zero-order valence-electron chi connectivity index (χ0n) is 12.4. The molecule has 0 fully saturated rings. The molecule has 0 radical (unpaired) electrons. The summed E-state index contributed by atoms with van der Waals surface area (Å²) >= 11 is 0. The standard InChI is InChI=1S/C16H23N3O/c1-4-14(13-8-6-5-7-9-13)15(20)10-16-17-11-18-19(16)12(2)3/h5-9,11-12,14-15,20H,4,10H2,1-3H3. The molecule has 108 valence electrons. The molecule has 1 aromatic heterocycles. The molecule has 0 bridgehead atoms. The van der Waals surface area contributed by atoms with Crippen LogP contribution in [0.25, 0.3) is 0 Å². The van der Waals surface area contributed by atoms with Crippen molar-refractivity contribution in [3.63, 3.8) is 0 Å². The van der Waals surface area contributed by atoms with E-state index < -0.39 is 6.10 Å². The summed E-state index contributed by atoms with van der Waals surface area (Å²) in [5, 5.41) is 14.8. The Balaban J connectivity index is 2.14. The molecule has 1 heterocycles. The smallest absolute Gasteiger partial charge is 0.138 e. The van der Waals surface area contributed by atoms with Crippen molar-refractivity contribution in [1.82, 2.24) is 14.8 Å². The highest BCUT2D eigenvalue weighted by atomic mass is 16.3. The van der Waals surface area contributed by atoms with E-state index in [1.807, 2.05) is 22.9 Å². The monoisotopic (exact) mass is 273 g/mol. The summed E-state index contributed by atoms with van der Waals surface area (Å²) in [7, 11) is 0. The number of hydrogen-bond donors (Lipinski definition) is 1. The van der Waals surface area contributed by atoms with Gasteiger partial charge in [0.2, 0.25) is 0 Å². The maximum Gasteiger partial charge on any atom is 0.138 e. The molecule has 0 aliphatic rings. The average molecular weight is 273 g/mol. The van der Waals surface area contributed by atoms with Crippen LogP contribution in [0.1, 0.15) is 50.5 Å². The third-order valence-electron chi connectivity index (χ3n) is 3.66. The highest BCUT2D eigenvalue weighted by molar-refractivity contribution is 5.21. The number of aromatic nitrogens is 3. The van der Waals surface area contributed by atoms with Crippen molar-refractivity contribution in [2.45, 2.75) is 51.7 Å². The van der Waals surface area contributed by atoms with E-state index in [2.05, 4.69) is 43.0 Å². The molecular formula is C16H23N3O. The summed E-state index contributed by atoms with van der Waals surface area (Å²) < 4.78 is 1.88. The number of nitrogens with zero attached hydrogens (tertiary/aromatic N) is 3. The van der Waals surface area contributed by atoms with Gasteiger partial charge in [0.25, 0.3) is 0 Å². The molecular weight excluding hydrogens is 250 g/mol. The third kappa shape index (κ3) is 3.25. The lowest BCUT2D eigenvalue weighted by atomic mass is 9.89. The summed E-state index contributed by atoms with van der Waals surface area (Å²) in [6.07, 6.45) is 2.56. The molecule has 4 nitrogen and oxygen atoms in total. The molecule has 0 spiro atoms. The van der Waals surface area contributed by atoms with Crippen LogP contribution in [0.15, 0.2) is 36.7 Å². The maximum atomic E-state index is 10.6. The zero-order chi connectivity index (χ0) is 14.5. The van der Waals surface area contributed by atoms with E-state index in [9.17, 15) is 5.11 Å². The van der Waals surface area contributed by atoms with Gasteiger partial charge in [0, 0.05) is 18.4 Å². The topological polar surface area (TPSA) is 50.9 Å². The third-order valence-corrected chi connectivity index (χ3v) is 3.66. The molecule has 2 rings (SSSR count). The van der Waals surface area contributed by atoms with Gasteiger partial charge in [-0.2, -0.15) is 5.10 Å². The Bertz CT molecular complexity index is 522. The minimum absolute atomic E-state index is 0.133. The van der Waals surface area contributed by atoms with Crippen molar-refractivity contribution >= 4 is 0 Å². The van der Waals surface area contributed by atoms with Gasteiger partial charge in [-0.05, 0) is 25.8 Å². The van der Waals surface area contributed by atoms with Crippen molar-refractivity contribution in [2.24, 2.45) is 0 Å². The second-order valence-electron chi connectivity index (χ2n) is 5.41. The van der Waals surface area contributed by atoms with Crippen LogP contribution in [0.4, 0.5) is 0 Å². The average Bonchev–Trinajstić information content (AvgIpc) is 2.89. The summed E-state index contributed by atoms with van der Waals surface area (Å²) in [5.74, 6) is 0.982. The summed E-state index contributed by atoms with van der Waals surface area (Å²) in [4.78, 5) is 4.28. The SMILES string of the molecule is CCC(c1ccccc1)C(O)Cc1ncnn1C(C)C. The van der Waals surface area contributed by atoms with E-state index in [1.165, 1.54) is 5.56 Å². The van der Waals surface area contributed by atoms with Crippen molar-refractivity contribution in [2.75, 3.05) is 0 Å². The van der Waals surface area contributed by atoms with E-state index in [4.69, 9.17) is 0 Å². The Morgan fingerprint density at radius 3 is 2.50 bits per heavy atom. The zero-order valence-corrected chi connectivity index (χ0v) is 12.4. The van der Waals surface area contributed by atoms with E-state index in [-0.39, 0.29) is 12.0 Å². The fourth-order valence-corrected chi connectivity index (χ4v) is 2.61. The molecule has 1 N–H and O–H groups in total. The van der Waals surface area contributed by atoms with Gasteiger partial charge in [-0.25, -0.2) is 9.67 Å². The van der Waals surface area contributed by atoms with E-state index >= 15 is 0 Å². The highest BCUT2D eigenvalue weighted by Gasteiger charge is 2.22. The number of benzene rings is 1. The molecule has 2 atom stereocenters. The molecule has 4 heteroatoms. The Morgan fingerprint density at radius 2 is 1.90 bits per heavy atom. The van der Waals surface area contributed by atoms with Gasteiger partial charge in [0.15, 0.2) is 0 Å². The number of rotatable bonds is 6. The second kappa shape index (κ2) is 6.66. The lowest BCUT2D eigenvalue weighted by Gasteiger charge is -2.22. The van der Waals surface area contributed by atoms with E-state index in [1.54, 1.807) is 6.33 Å².